The fourth-order valence-corrected chi connectivity index (χ4v) is 4.27. The molecule has 164 valence electrons. The predicted molar refractivity (Wildman–Crippen MR) is 101 cm³/mol. The van der Waals surface area contributed by atoms with Gasteiger partial charge in [-0.15, -0.1) is 0 Å². The van der Waals surface area contributed by atoms with Crippen LogP contribution in [0.4, 0.5) is 0 Å². The number of rotatable bonds is 10. The van der Waals surface area contributed by atoms with E-state index in [-0.39, 0.29) is 25.5 Å². The molecule has 1 saturated heterocycles. The molecule has 0 aromatic carbocycles. The number of hydrogen-bond acceptors (Lipinski definition) is 9. The van der Waals surface area contributed by atoms with Crippen LogP contribution < -0.4 is 5.32 Å². The van der Waals surface area contributed by atoms with Gasteiger partial charge in [-0.25, -0.2) is 0 Å². The van der Waals surface area contributed by atoms with Gasteiger partial charge in [-0.1, -0.05) is 0 Å². The van der Waals surface area contributed by atoms with Gasteiger partial charge < -0.3 is 0 Å². The Labute approximate surface area is 165 Å². The molecule has 0 radical (unpaired) electrons. The second-order valence-electron chi connectivity index (χ2n) is 7.16. The first-order chi connectivity index (χ1) is 13.1. The topological polar surface area (TPSA) is 130 Å². The summed E-state index contributed by atoms with van der Waals surface area (Å²) >= 11 is 0. The van der Waals surface area contributed by atoms with Gasteiger partial charge in [0.1, 0.15) is 0 Å². The van der Waals surface area contributed by atoms with Crippen LogP contribution in [0.3, 0.4) is 0 Å². The van der Waals surface area contributed by atoms with Crippen LogP contribution in [0.25, 0.3) is 0 Å². The number of nitrogens with one attached hydrogen (secondary N) is 1. The van der Waals surface area contributed by atoms with Crippen molar-refractivity contribution in [3.8, 4) is 0 Å². The number of esters is 2. The molecule has 0 unspecified atom stereocenters. The average molecular weight is 425 g/mol. The molecular formula is C17H32NO9P. The molecule has 1 aliphatic heterocycles. The van der Waals surface area contributed by atoms with Gasteiger partial charge in [0.2, 0.25) is 0 Å². The first-order valence-corrected chi connectivity index (χ1v) is 10.9. The molecule has 0 aromatic heterocycles. The summed E-state index contributed by atoms with van der Waals surface area (Å²) in [6.07, 6.45) is 0.207. The van der Waals surface area contributed by atoms with Crippen LogP contribution in [0, 0.1) is 11.3 Å². The summed E-state index contributed by atoms with van der Waals surface area (Å²) in [6.45, 7) is 6.75. The maximum absolute atomic E-state index is 12.4. The molecule has 0 aromatic rings. The van der Waals surface area contributed by atoms with Crippen LogP contribution in [-0.2, 0) is 37.4 Å². The van der Waals surface area contributed by atoms with E-state index < -0.39 is 44.3 Å². The van der Waals surface area contributed by atoms with Gasteiger partial charge in [-0.05, 0) is 0 Å². The Morgan fingerprint density at radius 2 is 1.93 bits per heavy atom. The van der Waals surface area contributed by atoms with Crippen molar-refractivity contribution in [1.29, 1.82) is 0 Å². The number of carbonyl (C=O) groups excluding carboxylic acids is 3. The van der Waals surface area contributed by atoms with E-state index in [4.69, 9.17) is 18.3 Å². The van der Waals surface area contributed by atoms with Gasteiger partial charge >= 0.3 is 165 Å². The fourth-order valence-electron chi connectivity index (χ4n) is 2.56. The molecule has 10 nitrogen and oxygen atoms in total. The molecule has 1 rings (SSSR count). The zero-order valence-corrected chi connectivity index (χ0v) is 18.1. The minimum absolute atomic E-state index is 0.00526. The molecule has 0 spiro atoms. The summed E-state index contributed by atoms with van der Waals surface area (Å²) in [5.41, 5.74) is -0.746. The molecule has 2 N–H and O–H groups in total. The van der Waals surface area contributed by atoms with Crippen LogP contribution in [0.15, 0.2) is 0 Å². The van der Waals surface area contributed by atoms with Crippen molar-refractivity contribution in [3.05, 3.63) is 0 Å². The van der Waals surface area contributed by atoms with Gasteiger partial charge in [-0.2, -0.15) is 0 Å². The van der Waals surface area contributed by atoms with Crippen LogP contribution in [0.5, 0.6) is 0 Å². The van der Waals surface area contributed by atoms with E-state index >= 15 is 0 Å². The van der Waals surface area contributed by atoms with E-state index in [0.717, 1.165) is 0 Å². The first-order valence-electron chi connectivity index (χ1n) is 9.27. The van der Waals surface area contributed by atoms with Gasteiger partial charge in [0.25, 0.3) is 0 Å². The normalized spacial score (nSPS) is 21.6. The predicted octanol–water partition coefficient (Wildman–Crippen LogP) is 1.46. The van der Waals surface area contributed by atoms with Crippen molar-refractivity contribution < 1.29 is 42.3 Å². The average Bonchev–Trinajstić information content (AvgIpc) is 2.64. The number of methoxy groups -OCH3 is 1. The Morgan fingerprint density at radius 3 is 2.50 bits per heavy atom. The van der Waals surface area contributed by atoms with Gasteiger partial charge in [0.05, 0.1) is 0 Å². The summed E-state index contributed by atoms with van der Waals surface area (Å²) in [4.78, 5) is 45.9. The Balaban J connectivity index is 2.61. The number of ether oxygens (including phenoxy) is 2. The van der Waals surface area contributed by atoms with Crippen molar-refractivity contribution in [3.63, 3.8) is 0 Å². The molecule has 1 amide bonds. The molecule has 0 bridgehead atoms. The number of carbonyl (C=O) groups is 3. The second kappa shape index (κ2) is 11.0. The van der Waals surface area contributed by atoms with E-state index in [1.165, 1.54) is 7.11 Å². The molecule has 1 aliphatic rings. The van der Waals surface area contributed by atoms with Crippen molar-refractivity contribution in [2.24, 2.45) is 11.3 Å². The second-order valence-corrected chi connectivity index (χ2v) is 9.02. The summed E-state index contributed by atoms with van der Waals surface area (Å²) < 4.78 is 25.5. The standard InChI is InChI=1S/C17H32NO9P/c1-6-12(7-2)16(21)24-11-26-28(22)25-10-17(3,4)14(27-28)15(20)18-9-8-13(19)23-5/h12,14,22,28H,6-11H2,1-5H3,(H,18,20)/t14-/m0/s1. The Morgan fingerprint density at radius 1 is 1.29 bits per heavy atom. The molecule has 1 atom stereocenters. The van der Waals surface area contributed by atoms with Crippen LogP contribution in [0.2, 0.25) is 0 Å². The van der Waals surface area contributed by atoms with Gasteiger partial charge in [-0.3, -0.25) is 0 Å². The van der Waals surface area contributed by atoms with Gasteiger partial charge in [0.15, 0.2) is 0 Å². The fraction of sp³-hybridized carbons (Fsp3) is 0.824. The quantitative estimate of drug-likeness (QED) is 0.303. The van der Waals surface area contributed by atoms with Crippen molar-refractivity contribution >= 4 is 26.0 Å². The van der Waals surface area contributed by atoms with E-state index in [1.807, 2.05) is 13.8 Å². The monoisotopic (exact) mass is 425 g/mol. The van der Waals surface area contributed by atoms with E-state index in [2.05, 4.69) is 10.1 Å². The molecular weight excluding hydrogens is 393 g/mol. The third kappa shape index (κ3) is 7.25. The summed E-state index contributed by atoms with van der Waals surface area (Å²) in [5.74, 6) is -1.65. The van der Waals surface area contributed by atoms with Crippen molar-refractivity contribution in [2.45, 2.75) is 53.1 Å². The zero-order valence-electron chi connectivity index (χ0n) is 17.1. The van der Waals surface area contributed by atoms with E-state index in [0.29, 0.717) is 12.8 Å². The Hall–Kier alpha value is -1.32. The van der Waals surface area contributed by atoms with Crippen LogP contribution >= 0.6 is 8.17 Å². The molecule has 28 heavy (non-hydrogen) atoms. The third-order valence-electron chi connectivity index (χ3n) is 4.46. The van der Waals surface area contributed by atoms with Crippen molar-refractivity contribution in [1.82, 2.24) is 5.32 Å². The maximum atomic E-state index is 12.4. The van der Waals surface area contributed by atoms with E-state index in [9.17, 15) is 19.3 Å². The molecule has 1 fully saturated rings. The Kier molecular flexibility index (Phi) is 9.73. The molecule has 0 saturated carbocycles. The third-order valence-corrected chi connectivity index (χ3v) is 5.98. The number of amides is 1. The summed E-state index contributed by atoms with van der Waals surface area (Å²) in [5, 5.41) is 2.57. The van der Waals surface area contributed by atoms with Crippen molar-refractivity contribution in [2.75, 3.05) is 27.1 Å². The Bertz CT molecular complexity index is 553. The SMILES string of the molecule is CCC(CC)C(=O)OCO[PH]1(O)OCC(C)(C)[C@H](C(=O)NCCC(=O)OC)O1. The first kappa shape index (κ1) is 24.7. The van der Waals surface area contributed by atoms with Crippen LogP contribution in [-0.4, -0.2) is 55.9 Å². The molecule has 0 aliphatic carbocycles. The minimum atomic E-state index is -4.17. The molecule has 1 heterocycles. The van der Waals surface area contributed by atoms with Gasteiger partial charge in [0, 0.05) is 0 Å². The summed E-state index contributed by atoms with van der Waals surface area (Å²) in [6, 6.07) is 0. The number of hydrogen-bond donors (Lipinski definition) is 2. The van der Waals surface area contributed by atoms with Crippen LogP contribution in [0.1, 0.15) is 47.0 Å². The molecule has 11 heteroatoms. The summed E-state index contributed by atoms with van der Waals surface area (Å²) in [7, 11) is -2.91. The van der Waals surface area contributed by atoms with E-state index in [1.54, 1.807) is 13.8 Å². The zero-order chi connectivity index (χ0) is 21.4.